The van der Waals surface area contributed by atoms with Gasteiger partial charge >= 0.3 is 0 Å². The summed E-state index contributed by atoms with van der Waals surface area (Å²) in [6, 6.07) is 80.3. The van der Waals surface area contributed by atoms with Crippen molar-refractivity contribution in [3.63, 3.8) is 0 Å². The second-order valence-electron chi connectivity index (χ2n) is 16.5. The molecule has 0 radical (unpaired) electrons. The maximum absolute atomic E-state index is 3.74. The summed E-state index contributed by atoms with van der Waals surface area (Å²) < 4.78 is 5.29. The molecular formula is C60H37NS2. The molecule has 1 nitrogen and oxygen atoms in total. The van der Waals surface area contributed by atoms with Crippen LogP contribution in [-0.4, -0.2) is 4.98 Å². The van der Waals surface area contributed by atoms with E-state index in [1.165, 1.54) is 118 Å². The predicted octanol–water partition coefficient (Wildman–Crippen LogP) is 18.1. The van der Waals surface area contributed by atoms with Gasteiger partial charge in [0.15, 0.2) is 0 Å². The second-order valence-corrected chi connectivity index (χ2v) is 18.5. The molecular weight excluding hydrogens is 799 g/mol. The Kier molecular flexibility index (Phi) is 8.33. The van der Waals surface area contributed by atoms with Gasteiger partial charge in [-0.25, -0.2) is 0 Å². The van der Waals surface area contributed by atoms with Gasteiger partial charge in [-0.05, 0) is 103 Å². The van der Waals surface area contributed by atoms with Gasteiger partial charge in [0, 0.05) is 62.2 Å². The van der Waals surface area contributed by atoms with Gasteiger partial charge < -0.3 is 4.98 Å². The minimum absolute atomic E-state index is 1.15. The smallest absolute Gasteiger partial charge is 0.0465 e. The van der Waals surface area contributed by atoms with Crippen LogP contribution in [0.25, 0.3) is 129 Å². The summed E-state index contributed by atoms with van der Waals surface area (Å²) in [6.07, 6.45) is 0. The van der Waals surface area contributed by atoms with Crippen molar-refractivity contribution in [2.24, 2.45) is 0 Å². The highest BCUT2D eigenvalue weighted by Gasteiger charge is 2.18. The Hall–Kier alpha value is -7.56. The van der Waals surface area contributed by atoms with Crippen LogP contribution in [0.1, 0.15) is 0 Å². The first-order valence-corrected chi connectivity index (χ1v) is 23.1. The van der Waals surface area contributed by atoms with Gasteiger partial charge in [-0.1, -0.05) is 182 Å². The van der Waals surface area contributed by atoms with E-state index < -0.39 is 0 Å². The van der Waals surface area contributed by atoms with Crippen LogP contribution in [0.2, 0.25) is 0 Å². The Morgan fingerprint density at radius 3 is 0.921 bits per heavy atom. The molecule has 0 aliphatic carbocycles. The first-order valence-electron chi connectivity index (χ1n) is 21.5. The molecule has 10 aromatic carbocycles. The van der Waals surface area contributed by atoms with Crippen molar-refractivity contribution < 1.29 is 0 Å². The van der Waals surface area contributed by atoms with Crippen molar-refractivity contribution in [3.05, 3.63) is 218 Å². The fourth-order valence-corrected chi connectivity index (χ4v) is 12.5. The highest BCUT2D eigenvalue weighted by molar-refractivity contribution is 7.27. The Morgan fingerprint density at radius 1 is 0.222 bits per heavy atom. The standard InChI is InChI=1S/C60H37NS2/c1-3-13-37(14-4-1)39-17-7-19-41(33-39)45-21-9-25-49-51-27-11-23-47(59(51)62-57(45)49)43-29-31-55-53(35-43)54-36-44(30-32-56(54)61-55)48-24-12-28-52-50-26-10-22-46(58(50)63-60(48)52)42-20-8-18-40(34-42)38-15-5-2-6-16-38/h1-36,61H. The quantitative estimate of drug-likeness (QED) is 0.172. The van der Waals surface area contributed by atoms with Crippen LogP contribution >= 0.6 is 22.7 Å². The third kappa shape index (κ3) is 5.96. The molecule has 0 aliphatic heterocycles. The largest absolute Gasteiger partial charge is 0.355 e. The van der Waals surface area contributed by atoms with Gasteiger partial charge in [0.05, 0.1) is 0 Å². The lowest BCUT2D eigenvalue weighted by molar-refractivity contribution is 1.54. The molecule has 0 unspecified atom stereocenters. The molecule has 0 bridgehead atoms. The lowest BCUT2D eigenvalue weighted by Gasteiger charge is -2.07. The summed E-state index contributed by atoms with van der Waals surface area (Å²) in [5.41, 5.74) is 17.3. The van der Waals surface area contributed by atoms with Gasteiger partial charge in [0.25, 0.3) is 0 Å². The van der Waals surface area contributed by atoms with E-state index in [2.05, 4.69) is 223 Å². The van der Waals surface area contributed by atoms with E-state index in [4.69, 9.17) is 0 Å². The van der Waals surface area contributed by atoms with Crippen molar-refractivity contribution >= 4 is 84.8 Å². The molecule has 0 atom stereocenters. The molecule has 63 heavy (non-hydrogen) atoms. The van der Waals surface area contributed by atoms with E-state index in [1.807, 2.05) is 22.7 Å². The highest BCUT2D eigenvalue weighted by atomic mass is 32.1. The van der Waals surface area contributed by atoms with Crippen LogP contribution in [-0.2, 0) is 0 Å². The zero-order valence-corrected chi connectivity index (χ0v) is 35.7. The Morgan fingerprint density at radius 2 is 0.540 bits per heavy atom. The van der Waals surface area contributed by atoms with Gasteiger partial charge in [0.2, 0.25) is 0 Å². The van der Waals surface area contributed by atoms with Crippen LogP contribution in [0, 0.1) is 0 Å². The number of benzene rings is 10. The van der Waals surface area contributed by atoms with Crippen molar-refractivity contribution in [2.45, 2.75) is 0 Å². The molecule has 0 fully saturated rings. The minimum Gasteiger partial charge on any atom is -0.355 e. The normalized spacial score (nSPS) is 11.8. The molecule has 3 heteroatoms. The fourth-order valence-electron chi connectivity index (χ4n) is 9.78. The van der Waals surface area contributed by atoms with Crippen LogP contribution in [0.5, 0.6) is 0 Å². The van der Waals surface area contributed by atoms with Crippen LogP contribution in [0.3, 0.4) is 0 Å². The molecule has 3 aromatic heterocycles. The van der Waals surface area contributed by atoms with Gasteiger partial charge in [0.1, 0.15) is 0 Å². The lowest BCUT2D eigenvalue weighted by atomic mass is 9.96. The summed E-state index contributed by atoms with van der Waals surface area (Å²) in [5, 5.41) is 7.70. The number of nitrogens with one attached hydrogen (secondary N) is 1. The summed E-state index contributed by atoms with van der Waals surface area (Å²) in [4.78, 5) is 3.74. The van der Waals surface area contributed by atoms with E-state index in [-0.39, 0.29) is 0 Å². The molecule has 0 amide bonds. The average molecular weight is 836 g/mol. The van der Waals surface area contributed by atoms with Crippen LogP contribution in [0.15, 0.2) is 218 Å². The molecule has 1 N–H and O–H groups in total. The molecule has 0 saturated heterocycles. The van der Waals surface area contributed by atoms with Gasteiger partial charge in [-0.3, -0.25) is 0 Å². The number of hydrogen-bond acceptors (Lipinski definition) is 2. The number of H-pyrrole nitrogens is 1. The minimum atomic E-state index is 1.15. The van der Waals surface area contributed by atoms with E-state index >= 15 is 0 Å². The van der Waals surface area contributed by atoms with E-state index in [0.29, 0.717) is 0 Å². The molecule has 0 spiro atoms. The van der Waals surface area contributed by atoms with Crippen LogP contribution < -0.4 is 0 Å². The lowest BCUT2D eigenvalue weighted by Crippen LogP contribution is -1.81. The average Bonchev–Trinajstić information content (AvgIpc) is 4.06. The summed E-state index contributed by atoms with van der Waals surface area (Å²) >= 11 is 3.82. The molecule has 13 rings (SSSR count). The van der Waals surface area contributed by atoms with Crippen molar-refractivity contribution in [1.29, 1.82) is 0 Å². The van der Waals surface area contributed by atoms with Crippen molar-refractivity contribution in [3.8, 4) is 66.8 Å². The summed E-state index contributed by atoms with van der Waals surface area (Å²) in [5.74, 6) is 0. The third-order valence-corrected chi connectivity index (χ3v) is 15.4. The maximum atomic E-state index is 3.74. The van der Waals surface area contributed by atoms with Gasteiger partial charge in [-0.2, -0.15) is 0 Å². The van der Waals surface area contributed by atoms with E-state index in [0.717, 1.165) is 11.0 Å². The number of rotatable bonds is 6. The first-order chi connectivity index (χ1) is 31.2. The van der Waals surface area contributed by atoms with E-state index in [9.17, 15) is 0 Å². The highest BCUT2D eigenvalue weighted by Crippen LogP contribution is 2.47. The predicted molar refractivity (Wildman–Crippen MR) is 274 cm³/mol. The van der Waals surface area contributed by atoms with E-state index in [1.54, 1.807) is 0 Å². The van der Waals surface area contributed by atoms with Crippen molar-refractivity contribution in [2.75, 3.05) is 0 Å². The number of aromatic amines is 1. The third-order valence-electron chi connectivity index (χ3n) is 12.8. The molecule has 0 aliphatic rings. The Labute approximate surface area is 372 Å². The molecule has 294 valence electrons. The zero-order chi connectivity index (χ0) is 41.4. The Bertz CT molecular complexity index is 3650. The number of fused-ring (bicyclic) bond motifs is 9. The maximum Gasteiger partial charge on any atom is 0.0465 e. The number of thiophene rings is 2. The summed E-state index contributed by atoms with van der Waals surface area (Å²) in [7, 11) is 0. The second kappa shape index (κ2) is 14.5. The molecule has 0 saturated carbocycles. The molecule has 3 heterocycles. The summed E-state index contributed by atoms with van der Waals surface area (Å²) in [6.45, 7) is 0. The Balaban J connectivity index is 0.913. The zero-order valence-electron chi connectivity index (χ0n) is 34.1. The first kappa shape index (κ1) is 36.1. The molecule has 13 aromatic rings. The number of aromatic nitrogens is 1. The monoisotopic (exact) mass is 835 g/mol. The van der Waals surface area contributed by atoms with Gasteiger partial charge in [-0.15, -0.1) is 22.7 Å². The number of hydrogen-bond donors (Lipinski definition) is 1. The topological polar surface area (TPSA) is 15.8 Å². The van der Waals surface area contributed by atoms with Crippen molar-refractivity contribution in [1.82, 2.24) is 4.98 Å². The van der Waals surface area contributed by atoms with Crippen LogP contribution in [0.4, 0.5) is 0 Å². The SMILES string of the molecule is c1ccc(-c2cccc(-c3cccc4c3sc3c(-c5ccc6[nH]c7ccc(-c8cccc9c8sc8c(-c%10cccc(-c%11ccccc%11)c%10)cccc89)cc7c6c5)cccc34)c2)cc1. The fraction of sp³-hybridized carbons (Fsp3) is 0.